The summed E-state index contributed by atoms with van der Waals surface area (Å²) in [5, 5.41) is 0. The minimum Gasteiger partial charge on any atom is -0.351 e. The van der Waals surface area contributed by atoms with Crippen molar-refractivity contribution in [3.05, 3.63) is 58.9 Å². The van der Waals surface area contributed by atoms with Gasteiger partial charge in [-0.15, -0.1) is 0 Å². The highest BCUT2D eigenvalue weighted by atomic mass is 15.1. The van der Waals surface area contributed by atoms with Crippen LogP contribution in [0, 0.1) is 34.6 Å². The summed E-state index contributed by atoms with van der Waals surface area (Å²) in [5.74, 6) is 1.14. The van der Waals surface area contributed by atoms with Crippen molar-refractivity contribution in [2.24, 2.45) is 0 Å². The van der Waals surface area contributed by atoms with E-state index in [2.05, 4.69) is 68.2 Å². The number of hydrogen-bond donors (Lipinski definition) is 1. The molecule has 1 aromatic carbocycles. The maximum absolute atomic E-state index is 4.85. The van der Waals surface area contributed by atoms with E-state index in [4.69, 9.17) is 4.98 Å². The Balaban J connectivity index is 0.000000386. The quantitative estimate of drug-likeness (QED) is 0.701. The summed E-state index contributed by atoms with van der Waals surface area (Å²) in [6.07, 6.45) is 7.50. The number of aromatic amines is 1. The molecule has 134 valence electrons. The minimum absolute atomic E-state index is 1.06. The summed E-state index contributed by atoms with van der Waals surface area (Å²) in [6.45, 7) is 14.1. The van der Waals surface area contributed by atoms with Gasteiger partial charge in [-0.3, -0.25) is 0 Å². The molecule has 1 N–H and O–H groups in total. The molecule has 4 heteroatoms. The summed E-state index contributed by atoms with van der Waals surface area (Å²) in [5.41, 5.74) is 7.73. The van der Waals surface area contributed by atoms with Gasteiger partial charge in [-0.1, -0.05) is 31.0 Å². The van der Waals surface area contributed by atoms with E-state index in [0.717, 1.165) is 18.1 Å². The number of nitrogens with one attached hydrogen (secondary N) is 1. The zero-order valence-corrected chi connectivity index (χ0v) is 16.3. The summed E-state index contributed by atoms with van der Waals surface area (Å²) >= 11 is 0. The number of rotatable bonds is 4. The standard InChI is InChI=1S/C18H26N2.C3H4N2/c1-7-8-9-20-16(6)15(5)19-18(20)17-13(3)10-12(2)11-14(17)4;1-2-5-3-4-1/h10-11H,7-9H2,1-6H3;1-3H,(H,4,5). The van der Waals surface area contributed by atoms with Crippen LogP contribution in [0.3, 0.4) is 0 Å². The smallest absolute Gasteiger partial charge is 0.140 e. The van der Waals surface area contributed by atoms with E-state index < -0.39 is 0 Å². The third kappa shape index (κ3) is 4.59. The van der Waals surface area contributed by atoms with Crippen molar-refractivity contribution in [2.45, 2.75) is 60.9 Å². The lowest BCUT2D eigenvalue weighted by Gasteiger charge is -2.14. The van der Waals surface area contributed by atoms with Crippen LogP contribution in [0.25, 0.3) is 11.4 Å². The van der Waals surface area contributed by atoms with E-state index >= 15 is 0 Å². The number of H-pyrrole nitrogens is 1. The van der Waals surface area contributed by atoms with Gasteiger partial charge in [0.1, 0.15) is 5.82 Å². The normalized spacial score (nSPS) is 10.5. The Labute approximate surface area is 151 Å². The number of benzene rings is 1. The molecule has 0 saturated heterocycles. The molecule has 0 bridgehead atoms. The number of imidazole rings is 2. The third-order valence-electron chi connectivity index (χ3n) is 4.50. The lowest BCUT2D eigenvalue weighted by Crippen LogP contribution is -2.04. The second kappa shape index (κ2) is 8.65. The first-order valence-electron chi connectivity index (χ1n) is 9.00. The van der Waals surface area contributed by atoms with Crippen LogP contribution in [0.15, 0.2) is 30.9 Å². The highest BCUT2D eigenvalue weighted by molar-refractivity contribution is 5.66. The van der Waals surface area contributed by atoms with Crippen LogP contribution >= 0.6 is 0 Å². The molecule has 2 aromatic heterocycles. The van der Waals surface area contributed by atoms with Crippen molar-refractivity contribution in [1.29, 1.82) is 0 Å². The van der Waals surface area contributed by atoms with Crippen LogP contribution in [-0.4, -0.2) is 19.5 Å². The first-order valence-corrected chi connectivity index (χ1v) is 9.00. The second-order valence-corrected chi connectivity index (χ2v) is 6.65. The molecule has 3 aromatic rings. The molecular formula is C21H30N4. The van der Waals surface area contributed by atoms with Crippen molar-refractivity contribution < 1.29 is 0 Å². The van der Waals surface area contributed by atoms with Crippen LogP contribution in [0.4, 0.5) is 0 Å². The first kappa shape index (κ1) is 19.0. The predicted octanol–water partition coefficient (Wildman–Crippen LogP) is 5.30. The van der Waals surface area contributed by atoms with Gasteiger partial charge in [0.25, 0.3) is 0 Å². The highest BCUT2D eigenvalue weighted by Gasteiger charge is 2.16. The lowest BCUT2D eigenvalue weighted by molar-refractivity contribution is 0.623. The zero-order chi connectivity index (χ0) is 18.4. The molecule has 0 aliphatic carbocycles. The molecule has 0 fully saturated rings. The number of aryl methyl sites for hydroxylation is 4. The Hall–Kier alpha value is -2.36. The molecule has 0 spiro atoms. The monoisotopic (exact) mass is 338 g/mol. The maximum Gasteiger partial charge on any atom is 0.140 e. The van der Waals surface area contributed by atoms with Crippen molar-refractivity contribution in [1.82, 2.24) is 19.5 Å². The summed E-state index contributed by atoms with van der Waals surface area (Å²) in [6, 6.07) is 4.51. The average Bonchev–Trinajstić information content (AvgIpc) is 3.19. The fourth-order valence-electron chi connectivity index (χ4n) is 3.18. The van der Waals surface area contributed by atoms with E-state index in [0.29, 0.717) is 0 Å². The first-order chi connectivity index (χ1) is 12.0. The fraction of sp³-hybridized carbons (Fsp3) is 0.429. The van der Waals surface area contributed by atoms with Gasteiger partial charge in [-0.05, 0) is 52.2 Å². The largest absolute Gasteiger partial charge is 0.351 e. The minimum atomic E-state index is 1.06. The number of aromatic nitrogens is 4. The van der Waals surface area contributed by atoms with E-state index in [1.807, 2.05) is 0 Å². The van der Waals surface area contributed by atoms with Gasteiger partial charge in [0.2, 0.25) is 0 Å². The molecule has 0 aliphatic rings. The van der Waals surface area contributed by atoms with E-state index in [-0.39, 0.29) is 0 Å². The van der Waals surface area contributed by atoms with E-state index in [1.165, 1.54) is 40.8 Å². The molecule has 0 aliphatic heterocycles. The van der Waals surface area contributed by atoms with Gasteiger partial charge >= 0.3 is 0 Å². The van der Waals surface area contributed by atoms with E-state index in [1.54, 1.807) is 18.7 Å². The average molecular weight is 338 g/mol. The Morgan fingerprint density at radius 2 is 1.72 bits per heavy atom. The van der Waals surface area contributed by atoms with Gasteiger partial charge in [0.15, 0.2) is 0 Å². The molecule has 0 saturated carbocycles. The SMILES string of the molecule is CCCCn1c(-c2c(C)cc(C)cc2C)nc(C)c1C.c1c[nH]cn1. The molecule has 4 nitrogen and oxygen atoms in total. The maximum atomic E-state index is 4.85. The molecule has 0 amide bonds. The van der Waals surface area contributed by atoms with Gasteiger partial charge in [0.05, 0.1) is 12.0 Å². The van der Waals surface area contributed by atoms with Crippen LogP contribution in [-0.2, 0) is 6.54 Å². The van der Waals surface area contributed by atoms with Gasteiger partial charge in [-0.25, -0.2) is 9.97 Å². The van der Waals surface area contributed by atoms with Crippen LogP contribution in [0.5, 0.6) is 0 Å². The molecule has 0 atom stereocenters. The van der Waals surface area contributed by atoms with Crippen molar-refractivity contribution in [3.63, 3.8) is 0 Å². The summed E-state index contributed by atoms with van der Waals surface area (Å²) in [7, 11) is 0. The zero-order valence-electron chi connectivity index (χ0n) is 16.3. The highest BCUT2D eigenvalue weighted by Crippen LogP contribution is 2.29. The van der Waals surface area contributed by atoms with Crippen molar-refractivity contribution in [3.8, 4) is 11.4 Å². The molecule has 25 heavy (non-hydrogen) atoms. The lowest BCUT2D eigenvalue weighted by atomic mass is 9.99. The Morgan fingerprint density at radius 3 is 2.20 bits per heavy atom. The second-order valence-electron chi connectivity index (χ2n) is 6.65. The molecule has 0 unspecified atom stereocenters. The summed E-state index contributed by atoms with van der Waals surface area (Å²) in [4.78, 5) is 11.3. The van der Waals surface area contributed by atoms with Crippen LogP contribution in [0.2, 0.25) is 0 Å². The number of nitrogens with zero attached hydrogens (tertiary/aromatic N) is 3. The van der Waals surface area contributed by atoms with E-state index in [9.17, 15) is 0 Å². The Kier molecular flexibility index (Phi) is 6.57. The Morgan fingerprint density at radius 1 is 1.04 bits per heavy atom. The molecular weight excluding hydrogens is 308 g/mol. The van der Waals surface area contributed by atoms with Crippen molar-refractivity contribution in [2.75, 3.05) is 0 Å². The molecule has 2 heterocycles. The molecule has 0 radical (unpaired) electrons. The Bertz CT molecular complexity index is 757. The van der Waals surface area contributed by atoms with Crippen molar-refractivity contribution >= 4 is 0 Å². The number of unbranched alkanes of at least 4 members (excludes halogenated alkanes) is 1. The third-order valence-corrected chi connectivity index (χ3v) is 4.50. The van der Waals surface area contributed by atoms with Gasteiger partial charge in [-0.2, -0.15) is 0 Å². The van der Waals surface area contributed by atoms with Gasteiger partial charge in [0, 0.05) is 30.2 Å². The fourth-order valence-corrected chi connectivity index (χ4v) is 3.18. The van der Waals surface area contributed by atoms with Crippen LogP contribution in [0.1, 0.15) is 47.8 Å². The predicted molar refractivity (Wildman–Crippen MR) is 105 cm³/mol. The number of hydrogen-bond acceptors (Lipinski definition) is 2. The van der Waals surface area contributed by atoms with Gasteiger partial charge < -0.3 is 9.55 Å². The van der Waals surface area contributed by atoms with Crippen LogP contribution < -0.4 is 0 Å². The topological polar surface area (TPSA) is 46.5 Å². The summed E-state index contributed by atoms with van der Waals surface area (Å²) < 4.78 is 2.39. The molecule has 3 rings (SSSR count).